The van der Waals surface area contributed by atoms with Crippen LogP contribution in [0.3, 0.4) is 0 Å². The van der Waals surface area contributed by atoms with Gasteiger partial charge in [-0.25, -0.2) is 0 Å². The molecule has 0 heterocycles. The minimum absolute atomic E-state index is 0.467. The Morgan fingerprint density at radius 3 is 2.31 bits per heavy atom. The van der Waals surface area contributed by atoms with Gasteiger partial charge in [-0.3, -0.25) is 4.79 Å². The zero-order chi connectivity index (χ0) is 21.0. The normalized spacial score (nSPS) is 46.7. The summed E-state index contributed by atoms with van der Waals surface area (Å²) < 4.78 is 0. The Morgan fingerprint density at radius 2 is 1.59 bits per heavy atom. The third-order valence-electron chi connectivity index (χ3n) is 11.5. The van der Waals surface area contributed by atoms with Crippen molar-refractivity contribution in [3.63, 3.8) is 0 Å². The van der Waals surface area contributed by atoms with Gasteiger partial charge >= 0.3 is 0 Å². The Morgan fingerprint density at radius 1 is 0.862 bits per heavy atom. The molecule has 0 radical (unpaired) electrons. The molecule has 4 aliphatic rings. The van der Waals surface area contributed by atoms with Gasteiger partial charge in [0.25, 0.3) is 0 Å². The number of carbonyl (C=O) groups is 1. The van der Waals surface area contributed by atoms with E-state index >= 15 is 0 Å². The van der Waals surface area contributed by atoms with Crippen molar-refractivity contribution in [3.8, 4) is 0 Å². The molecule has 0 aromatic heterocycles. The summed E-state index contributed by atoms with van der Waals surface area (Å²) in [6, 6.07) is 0. The van der Waals surface area contributed by atoms with Crippen molar-refractivity contribution < 1.29 is 4.79 Å². The molecule has 9 atom stereocenters. The molecule has 4 aliphatic carbocycles. The Bertz CT molecular complexity index is 607. The van der Waals surface area contributed by atoms with Gasteiger partial charge in [0, 0.05) is 12.8 Å². The summed E-state index contributed by atoms with van der Waals surface area (Å²) in [6.07, 6.45) is 14.4. The van der Waals surface area contributed by atoms with E-state index in [1.165, 1.54) is 57.8 Å². The zero-order valence-corrected chi connectivity index (χ0v) is 20.3. The van der Waals surface area contributed by atoms with Gasteiger partial charge in [-0.2, -0.15) is 0 Å². The first kappa shape index (κ1) is 21.9. The van der Waals surface area contributed by atoms with E-state index in [1.807, 2.05) is 0 Å². The van der Waals surface area contributed by atoms with E-state index in [-0.39, 0.29) is 0 Å². The Labute approximate surface area is 181 Å². The molecule has 0 bridgehead atoms. The summed E-state index contributed by atoms with van der Waals surface area (Å²) in [5.74, 6) is 7.60. The van der Waals surface area contributed by atoms with Crippen molar-refractivity contribution in [1.29, 1.82) is 0 Å². The van der Waals surface area contributed by atoms with E-state index in [0.29, 0.717) is 22.5 Å². The van der Waals surface area contributed by atoms with Crippen molar-refractivity contribution in [1.82, 2.24) is 0 Å². The lowest BCUT2D eigenvalue weighted by molar-refractivity contribution is -0.140. The summed E-state index contributed by atoms with van der Waals surface area (Å²) >= 11 is 0. The second kappa shape index (κ2) is 7.98. The molecule has 1 nitrogen and oxygen atoms in total. The van der Waals surface area contributed by atoms with Crippen molar-refractivity contribution >= 4 is 5.78 Å². The second-order valence-corrected chi connectivity index (χ2v) is 12.9. The van der Waals surface area contributed by atoms with E-state index in [1.54, 1.807) is 0 Å². The third kappa shape index (κ3) is 3.65. The lowest BCUT2D eigenvalue weighted by Gasteiger charge is -2.60. The van der Waals surface area contributed by atoms with Crippen LogP contribution in [0.2, 0.25) is 0 Å². The molecular formula is C28H48O. The topological polar surface area (TPSA) is 17.1 Å². The number of carbonyl (C=O) groups excluding carboxylic acids is 1. The summed E-state index contributed by atoms with van der Waals surface area (Å²) in [6.45, 7) is 15.1. The molecule has 0 N–H and O–H groups in total. The third-order valence-corrected chi connectivity index (χ3v) is 11.5. The number of ketones is 1. The number of Topliss-reactive ketones (excluding diaryl/α,β-unsaturated/α-hetero) is 1. The highest BCUT2D eigenvalue weighted by Gasteiger charge is 2.60. The lowest BCUT2D eigenvalue weighted by atomic mass is 9.44. The summed E-state index contributed by atoms with van der Waals surface area (Å²) in [5.41, 5.74) is 1.06. The Balaban J connectivity index is 1.46. The molecule has 0 amide bonds. The predicted octanol–water partition coefficient (Wildman–Crippen LogP) is 7.92. The smallest absolute Gasteiger partial charge is 0.133 e. The van der Waals surface area contributed by atoms with Gasteiger partial charge in [0.1, 0.15) is 5.78 Å². The van der Waals surface area contributed by atoms with Crippen LogP contribution in [0.4, 0.5) is 0 Å². The van der Waals surface area contributed by atoms with Crippen molar-refractivity contribution in [2.75, 3.05) is 0 Å². The fraction of sp³-hybridized carbons (Fsp3) is 0.964. The van der Waals surface area contributed by atoms with Crippen LogP contribution in [-0.4, -0.2) is 5.78 Å². The highest BCUT2D eigenvalue weighted by Crippen LogP contribution is 2.68. The SMILES string of the molecule is CC(C)[C@H](C)CC[C@@H](C)[C@H]1CC[C@H]2[C@H]3CC[C@H]4CC(=O)CC[C@@]4(C)[C@H]3CC[C@]12C. The first-order valence-electron chi connectivity index (χ1n) is 13.2. The lowest BCUT2D eigenvalue weighted by Crippen LogP contribution is -2.53. The first-order chi connectivity index (χ1) is 13.7. The van der Waals surface area contributed by atoms with E-state index in [0.717, 1.165) is 54.3 Å². The van der Waals surface area contributed by atoms with E-state index in [4.69, 9.17) is 0 Å². The molecular weight excluding hydrogens is 352 g/mol. The first-order valence-corrected chi connectivity index (χ1v) is 13.2. The van der Waals surface area contributed by atoms with Crippen molar-refractivity contribution in [2.24, 2.45) is 58.2 Å². The molecule has 0 aliphatic heterocycles. The van der Waals surface area contributed by atoms with Crippen molar-refractivity contribution in [2.45, 2.75) is 112 Å². The van der Waals surface area contributed by atoms with Gasteiger partial charge in [0.15, 0.2) is 0 Å². The molecule has 1 heteroatoms. The van der Waals surface area contributed by atoms with Crippen LogP contribution in [0.5, 0.6) is 0 Å². The van der Waals surface area contributed by atoms with Crippen LogP contribution in [0.25, 0.3) is 0 Å². The number of hydrogen-bond acceptors (Lipinski definition) is 1. The maximum atomic E-state index is 12.1. The van der Waals surface area contributed by atoms with Gasteiger partial charge in [-0.05, 0) is 103 Å². The molecule has 4 saturated carbocycles. The van der Waals surface area contributed by atoms with E-state index in [9.17, 15) is 4.79 Å². The minimum atomic E-state index is 0.467. The zero-order valence-electron chi connectivity index (χ0n) is 20.3. The highest BCUT2D eigenvalue weighted by molar-refractivity contribution is 5.79. The molecule has 0 saturated heterocycles. The van der Waals surface area contributed by atoms with Crippen LogP contribution < -0.4 is 0 Å². The Hall–Kier alpha value is -0.330. The second-order valence-electron chi connectivity index (χ2n) is 12.9. The molecule has 0 spiro atoms. The van der Waals surface area contributed by atoms with Gasteiger partial charge in [-0.15, -0.1) is 0 Å². The minimum Gasteiger partial charge on any atom is -0.300 e. The molecule has 0 aromatic rings. The van der Waals surface area contributed by atoms with E-state index in [2.05, 4.69) is 41.5 Å². The van der Waals surface area contributed by atoms with Crippen molar-refractivity contribution in [3.05, 3.63) is 0 Å². The van der Waals surface area contributed by atoms with Gasteiger partial charge in [-0.1, -0.05) is 54.4 Å². The average Bonchev–Trinajstić information content (AvgIpc) is 3.03. The average molecular weight is 401 g/mol. The number of hydrogen-bond donors (Lipinski definition) is 0. The van der Waals surface area contributed by atoms with Crippen LogP contribution in [0.1, 0.15) is 112 Å². The fourth-order valence-electron chi connectivity index (χ4n) is 9.08. The molecule has 4 rings (SSSR count). The van der Waals surface area contributed by atoms with Crippen LogP contribution in [-0.2, 0) is 4.79 Å². The maximum Gasteiger partial charge on any atom is 0.133 e. The monoisotopic (exact) mass is 400 g/mol. The standard InChI is InChI=1S/C28H48O/c1-18(2)19(3)7-8-20(4)24-11-12-25-23-10-9-21-17-22(29)13-15-27(21,5)26(23)14-16-28(24,25)6/h18-21,23-26H,7-17H2,1-6H3/t19-,20-,21+,23-,24-,25+,26+,27-,28-/m1/s1. The molecule has 166 valence electrons. The van der Waals surface area contributed by atoms with Gasteiger partial charge in [0.2, 0.25) is 0 Å². The van der Waals surface area contributed by atoms with E-state index < -0.39 is 0 Å². The number of rotatable bonds is 5. The highest BCUT2D eigenvalue weighted by atomic mass is 16.1. The fourth-order valence-corrected chi connectivity index (χ4v) is 9.08. The molecule has 0 aromatic carbocycles. The quantitative estimate of drug-likeness (QED) is 0.458. The molecule has 4 fully saturated rings. The van der Waals surface area contributed by atoms with Gasteiger partial charge in [0.05, 0.1) is 0 Å². The van der Waals surface area contributed by atoms with Gasteiger partial charge < -0.3 is 0 Å². The summed E-state index contributed by atoms with van der Waals surface area (Å²) in [7, 11) is 0. The summed E-state index contributed by atoms with van der Waals surface area (Å²) in [4.78, 5) is 12.1. The number of fused-ring (bicyclic) bond motifs is 5. The van der Waals surface area contributed by atoms with Crippen LogP contribution in [0.15, 0.2) is 0 Å². The maximum absolute atomic E-state index is 12.1. The predicted molar refractivity (Wildman–Crippen MR) is 123 cm³/mol. The summed E-state index contributed by atoms with van der Waals surface area (Å²) in [5, 5.41) is 0. The van der Waals surface area contributed by atoms with Crippen LogP contribution >= 0.6 is 0 Å². The largest absolute Gasteiger partial charge is 0.300 e. The molecule has 0 unspecified atom stereocenters. The Kier molecular flexibility index (Phi) is 6.02. The molecule has 29 heavy (non-hydrogen) atoms. The van der Waals surface area contributed by atoms with Crippen LogP contribution in [0, 0.1) is 58.2 Å².